The van der Waals surface area contributed by atoms with E-state index in [1.165, 1.54) is 0 Å². The molecular formula is C24H18BrNO5. The molecular weight excluding hydrogens is 462 g/mol. The van der Waals surface area contributed by atoms with Crippen molar-refractivity contribution in [2.24, 2.45) is 0 Å². The van der Waals surface area contributed by atoms with Gasteiger partial charge in [0.25, 0.3) is 5.91 Å². The summed E-state index contributed by atoms with van der Waals surface area (Å²) in [5, 5.41) is 0.428. The van der Waals surface area contributed by atoms with Crippen LogP contribution in [0.25, 0.3) is 11.0 Å². The summed E-state index contributed by atoms with van der Waals surface area (Å²) >= 11 is 3.41. The molecule has 0 fully saturated rings. The summed E-state index contributed by atoms with van der Waals surface area (Å²) in [6, 6.07) is 15.6. The molecule has 1 amide bonds. The predicted octanol–water partition coefficient (Wildman–Crippen LogP) is 5.29. The van der Waals surface area contributed by atoms with E-state index in [0.717, 1.165) is 15.8 Å². The second-order valence-corrected chi connectivity index (χ2v) is 8.15. The van der Waals surface area contributed by atoms with Gasteiger partial charge in [-0.3, -0.25) is 9.59 Å². The maximum atomic E-state index is 13.5. The Kier molecular flexibility index (Phi) is 4.90. The van der Waals surface area contributed by atoms with Gasteiger partial charge in [-0.15, -0.1) is 0 Å². The summed E-state index contributed by atoms with van der Waals surface area (Å²) in [4.78, 5) is 28.5. The number of halogens is 1. The van der Waals surface area contributed by atoms with Gasteiger partial charge in [-0.1, -0.05) is 28.1 Å². The van der Waals surface area contributed by atoms with Crippen LogP contribution >= 0.6 is 15.9 Å². The number of hydrogen-bond donors (Lipinski definition) is 0. The van der Waals surface area contributed by atoms with Crippen molar-refractivity contribution in [3.63, 3.8) is 0 Å². The molecule has 1 aliphatic heterocycles. The third-order valence-electron chi connectivity index (χ3n) is 5.34. The summed E-state index contributed by atoms with van der Waals surface area (Å²) in [5.41, 5.74) is 1.30. The molecule has 0 spiro atoms. The molecule has 0 radical (unpaired) electrons. The molecule has 1 aliphatic rings. The average molecular weight is 480 g/mol. The molecule has 5 rings (SSSR count). The third kappa shape index (κ3) is 3.35. The first-order valence-electron chi connectivity index (χ1n) is 9.89. The monoisotopic (exact) mass is 479 g/mol. The minimum atomic E-state index is -0.595. The maximum Gasteiger partial charge on any atom is 0.291 e. The van der Waals surface area contributed by atoms with Gasteiger partial charge in [0.1, 0.15) is 17.1 Å². The molecule has 0 saturated carbocycles. The molecule has 6 nitrogen and oxygen atoms in total. The van der Waals surface area contributed by atoms with E-state index >= 15 is 0 Å². The van der Waals surface area contributed by atoms with Crippen LogP contribution in [0.2, 0.25) is 0 Å². The Labute approximate surface area is 186 Å². The summed E-state index contributed by atoms with van der Waals surface area (Å²) in [7, 11) is 0. The molecule has 31 heavy (non-hydrogen) atoms. The molecule has 7 heteroatoms. The summed E-state index contributed by atoms with van der Waals surface area (Å²) in [6.45, 7) is 2.69. The minimum absolute atomic E-state index is 0.0743. The lowest BCUT2D eigenvalue weighted by Crippen LogP contribution is -2.29. The Bertz CT molecular complexity index is 1320. The number of fused-ring (bicyclic) bond motifs is 2. The number of benzene rings is 2. The Morgan fingerprint density at radius 2 is 1.90 bits per heavy atom. The molecule has 0 aliphatic carbocycles. The first-order valence-corrected chi connectivity index (χ1v) is 10.7. The van der Waals surface area contributed by atoms with Gasteiger partial charge in [0.05, 0.1) is 36.4 Å². The van der Waals surface area contributed by atoms with Gasteiger partial charge in [-0.05, 0) is 55.0 Å². The maximum absolute atomic E-state index is 13.5. The van der Waals surface area contributed by atoms with Crippen LogP contribution in [-0.4, -0.2) is 17.4 Å². The van der Waals surface area contributed by atoms with Gasteiger partial charge in [-0.25, -0.2) is 0 Å². The van der Waals surface area contributed by atoms with E-state index in [4.69, 9.17) is 13.6 Å². The van der Waals surface area contributed by atoms with Crippen LogP contribution in [0.5, 0.6) is 5.75 Å². The zero-order valence-corrected chi connectivity index (χ0v) is 18.2. The smallest absolute Gasteiger partial charge is 0.291 e. The van der Waals surface area contributed by atoms with Crippen molar-refractivity contribution in [3.8, 4) is 5.75 Å². The highest BCUT2D eigenvalue weighted by atomic mass is 79.9. The van der Waals surface area contributed by atoms with Crippen LogP contribution in [0.3, 0.4) is 0 Å². The number of hydrogen-bond acceptors (Lipinski definition) is 5. The fraction of sp³-hybridized carbons (Fsp3) is 0.167. The van der Waals surface area contributed by atoms with E-state index in [1.807, 2.05) is 31.2 Å². The van der Waals surface area contributed by atoms with E-state index in [-0.39, 0.29) is 23.6 Å². The van der Waals surface area contributed by atoms with Crippen LogP contribution in [0.1, 0.15) is 40.4 Å². The highest BCUT2D eigenvalue weighted by Gasteiger charge is 2.43. The number of carbonyl (C=O) groups is 1. The Morgan fingerprint density at radius 1 is 1.10 bits per heavy atom. The molecule has 0 bridgehead atoms. The summed E-state index contributed by atoms with van der Waals surface area (Å²) in [6.07, 6.45) is 1.56. The standard InChI is InChI=1S/C24H18BrNO5/c1-2-29-16-8-5-14(6-9-16)21-20-22(27)18-12-15(25)7-10-19(18)31-23(20)24(28)26(21)13-17-4-3-11-30-17/h3-12,21H,2,13H2,1H3. The Morgan fingerprint density at radius 3 is 2.61 bits per heavy atom. The SMILES string of the molecule is CCOc1ccc(C2c3c(oc4ccc(Br)cc4c3=O)C(=O)N2Cc2ccco2)cc1. The molecule has 156 valence electrons. The van der Waals surface area contributed by atoms with Crippen LogP contribution < -0.4 is 10.2 Å². The normalized spacial score (nSPS) is 15.5. The van der Waals surface area contributed by atoms with Crippen LogP contribution in [-0.2, 0) is 6.54 Å². The van der Waals surface area contributed by atoms with Gasteiger partial charge in [0.2, 0.25) is 5.76 Å². The van der Waals surface area contributed by atoms with Gasteiger partial charge >= 0.3 is 0 Å². The van der Waals surface area contributed by atoms with E-state index in [1.54, 1.807) is 41.5 Å². The summed E-state index contributed by atoms with van der Waals surface area (Å²) in [5.74, 6) is 1.08. The number of carbonyl (C=O) groups excluding carboxylic acids is 1. The lowest BCUT2D eigenvalue weighted by Gasteiger charge is -2.24. The van der Waals surface area contributed by atoms with Crippen LogP contribution in [0, 0.1) is 0 Å². The van der Waals surface area contributed by atoms with Crippen molar-refractivity contribution >= 4 is 32.8 Å². The van der Waals surface area contributed by atoms with Gasteiger partial charge in [0, 0.05) is 4.47 Å². The van der Waals surface area contributed by atoms with E-state index in [9.17, 15) is 9.59 Å². The van der Waals surface area contributed by atoms with Gasteiger partial charge < -0.3 is 18.5 Å². The van der Waals surface area contributed by atoms with E-state index in [2.05, 4.69) is 15.9 Å². The first kappa shape index (κ1) is 19.6. The highest BCUT2D eigenvalue weighted by molar-refractivity contribution is 9.10. The van der Waals surface area contributed by atoms with Crippen LogP contribution in [0.4, 0.5) is 0 Å². The van der Waals surface area contributed by atoms with Crippen molar-refractivity contribution in [2.75, 3.05) is 6.61 Å². The lowest BCUT2D eigenvalue weighted by atomic mass is 9.98. The number of nitrogens with zero attached hydrogens (tertiary/aromatic N) is 1. The molecule has 4 aromatic rings. The van der Waals surface area contributed by atoms with Crippen molar-refractivity contribution in [1.82, 2.24) is 4.90 Å². The molecule has 0 N–H and O–H groups in total. The van der Waals surface area contributed by atoms with Crippen molar-refractivity contribution in [3.05, 3.63) is 98.2 Å². The van der Waals surface area contributed by atoms with Crippen molar-refractivity contribution in [2.45, 2.75) is 19.5 Å². The van der Waals surface area contributed by atoms with E-state index < -0.39 is 6.04 Å². The molecule has 2 aromatic carbocycles. The average Bonchev–Trinajstić information content (AvgIpc) is 3.37. The van der Waals surface area contributed by atoms with Crippen molar-refractivity contribution in [1.29, 1.82) is 0 Å². The largest absolute Gasteiger partial charge is 0.494 e. The molecule has 1 atom stereocenters. The summed E-state index contributed by atoms with van der Waals surface area (Å²) < 4.78 is 17.7. The topological polar surface area (TPSA) is 72.9 Å². The third-order valence-corrected chi connectivity index (χ3v) is 5.83. The first-order chi connectivity index (χ1) is 15.1. The number of rotatable bonds is 5. The quantitative estimate of drug-likeness (QED) is 0.388. The Hall–Kier alpha value is -3.32. The molecule has 1 unspecified atom stereocenters. The zero-order chi connectivity index (χ0) is 21.5. The molecule has 3 heterocycles. The predicted molar refractivity (Wildman–Crippen MR) is 118 cm³/mol. The zero-order valence-electron chi connectivity index (χ0n) is 16.6. The fourth-order valence-electron chi connectivity index (χ4n) is 3.99. The lowest BCUT2D eigenvalue weighted by molar-refractivity contribution is 0.0701. The number of amides is 1. The minimum Gasteiger partial charge on any atom is -0.494 e. The van der Waals surface area contributed by atoms with Crippen molar-refractivity contribution < 1.29 is 18.4 Å². The fourth-order valence-corrected chi connectivity index (χ4v) is 4.35. The Balaban J connectivity index is 1.70. The second kappa shape index (κ2) is 7.74. The number of furan rings is 1. The van der Waals surface area contributed by atoms with Crippen LogP contribution in [0.15, 0.2) is 79.0 Å². The number of ether oxygens (including phenoxy) is 1. The van der Waals surface area contributed by atoms with Gasteiger partial charge in [0.15, 0.2) is 5.43 Å². The molecule has 2 aromatic heterocycles. The second-order valence-electron chi connectivity index (χ2n) is 7.23. The van der Waals surface area contributed by atoms with Gasteiger partial charge in [-0.2, -0.15) is 0 Å². The highest BCUT2D eigenvalue weighted by Crippen LogP contribution is 2.39. The van der Waals surface area contributed by atoms with E-state index in [0.29, 0.717) is 28.9 Å². The molecule has 0 saturated heterocycles.